The molecule has 0 aromatic carbocycles. The summed E-state index contributed by atoms with van der Waals surface area (Å²) in [5.41, 5.74) is 0. The first kappa shape index (κ1) is 8.39. The number of allylic oxidation sites excluding steroid dienone is 2. The van der Waals surface area contributed by atoms with Crippen LogP contribution < -0.4 is 0 Å². The highest BCUT2D eigenvalue weighted by atomic mass is 16.1. The Labute approximate surface area is 83.4 Å². The second-order valence-electron chi connectivity index (χ2n) is 4.77. The number of carbonyl (C=O) groups excluding carboxylic acids is 2. The second-order valence-corrected chi connectivity index (χ2v) is 4.77. The molecule has 2 bridgehead atoms. The van der Waals surface area contributed by atoms with Gasteiger partial charge in [-0.2, -0.15) is 0 Å². The van der Waals surface area contributed by atoms with Gasteiger partial charge in [-0.25, -0.2) is 0 Å². The average Bonchev–Trinajstić information content (AvgIpc) is 2.25. The lowest BCUT2D eigenvalue weighted by molar-refractivity contribution is -0.143. The standard InChI is InChI=1S/C12H14O2/c13-9-5-6-10(14)12-8-2-1-7(3-4-8)11(9)12/h1-2,7-8,11-12H,3-6H2/t7-,8+,11+,12-. The number of Topliss-reactive ketones (excluding diaryl/α,β-unsaturated/α-hetero) is 2. The molecule has 0 N–H and O–H groups in total. The van der Waals surface area contributed by atoms with E-state index in [0.29, 0.717) is 36.2 Å². The molecule has 2 fully saturated rings. The van der Waals surface area contributed by atoms with Gasteiger partial charge in [-0.1, -0.05) is 12.2 Å². The zero-order valence-electron chi connectivity index (χ0n) is 8.11. The molecule has 4 aliphatic carbocycles. The van der Waals surface area contributed by atoms with E-state index >= 15 is 0 Å². The van der Waals surface area contributed by atoms with Crippen molar-refractivity contribution in [1.29, 1.82) is 0 Å². The maximum atomic E-state index is 11.8. The van der Waals surface area contributed by atoms with E-state index < -0.39 is 0 Å². The highest BCUT2D eigenvalue weighted by Gasteiger charge is 2.49. The molecule has 0 saturated heterocycles. The lowest BCUT2D eigenvalue weighted by Crippen LogP contribution is -2.48. The van der Waals surface area contributed by atoms with Crippen molar-refractivity contribution >= 4 is 11.6 Å². The van der Waals surface area contributed by atoms with E-state index in [-0.39, 0.29) is 11.8 Å². The molecule has 0 aromatic rings. The van der Waals surface area contributed by atoms with Crippen LogP contribution in [0.5, 0.6) is 0 Å². The second kappa shape index (κ2) is 2.78. The summed E-state index contributed by atoms with van der Waals surface area (Å²) in [4.78, 5) is 23.6. The van der Waals surface area contributed by atoms with Crippen molar-refractivity contribution in [1.82, 2.24) is 0 Å². The van der Waals surface area contributed by atoms with Gasteiger partial charge in [-0.15, -0.1) is 0 Å². The molecule has 4 atom stereocenters. The molecule has 0 unspecified atom stereocenters. The zero-order chi connectivity index (χ0) is 9.71. The first-order chi connectivity index (χ1) is 6.77. The molecule has 14 heavy (non-hydrogen) atoms. The minimum Gasteiger partial charge on any atom is -0.299 e. The molecular formula is C12H14O2. The number of ketones is 2. The fraction of sp³-hybridized carbons (Fsp3) is 0.667. The Morgan fingerprint density at radius 1 is 0.857 bits per heavy atom. The third-order valence-electron chi connectivity index (χ3n) is 4.11. The topological polar surface area (TPSA) is 34.1 Å². The lowest BCUT2D eigenvalue weighted by Gasteiger charge is -2.45. The molecule has 0 aromatic heterocycles. The van der Waals surface area contributed by atoms with Gasteiger partial charge in [-0.05, 0) is 24.7 Å². The van der Waals surface area contributed by atoms with Crippen LogP contribution in [-0.4, -0.2) is 11.6 Å². The van der Waals surface area contributed by atoms with E-state index in [4.69, 9.17) is 0 Å². The van der Waals surface area contributed by atoms with E-state index in [9.17, 15) is 9.59 Å². The van der Waals surface area contributed by atoms with Gasteiger partial charge in [0.05, 0.1) is 0 Å². The van der Waals surface area contributed by atoms with E-state index in [0.717, 1.165) is 12.8 Å². The summed E-state index contributed by atoms with van der Waals surface area (Å²) in [6.07, 6.45) is 7.56. The summed E-state index contributed by atoms with van der Waals surface area (Å²) in [5, 5.41) is 0. The number of rotatable bonds is 0. The van der Waals surface area contributed by atoms with Crippen molar-refractivity contribution in [2.24, 2.45) is 23.7 Å². The maximum Gasteiger partial charge on any atom is 0.137 e. The van der Waals surface area contributed by atoms with Crippen molar-refractivity contribution in [3.05, 3.63) is 12.2 Å². The van der Waals surface area contributed by atoms with Crippen LogP contribution >= 0.6 is 0 Å². The number of hydrogen-bond acceptors (Lipinski definition) is 2. The molecule has 0 spiro atoms. The highest BCUT2D eigenvalue weighted by molar-refractivity contribution is 5.97. The molecule has 4 rings (SSSR count). The molecule has 2 nitrogen and oxygen atoms in total. The molecule has 2 saturated carbocycles. The molecule has 0 heterocycles. The van der Waals surface area contributed by atoms with Crippen LogP contribution in [0.15, 0.2) is 12.2 Å². The SMILES string of the molecule is O=C1CCC(=O)[C@H]2[C@@H]1[C@H]1C=C[C@@H]2CC1. The minimum atomic E-state index is 0.0556. The smallest absolute Gasteiger partial charge is 0.137 e. The van der Waals surface area contributed by atoms with Crippen LogP contribution in [-0.2, 0) is 9.59 Å². The normalized spacial score (nSPS) is 45.4. The third kappa shape index (κ3) is 0.969. The van der Waals surface area contributed by atoms with Crippen molar-refractivity contribution in [2.45, 2.75) is 25.7 Å². The summed E-state index contributed by atoms with van der Waals surface area (Å²) in [5.74, 6) is 1.55. The van der Waals surface area contributed by atoms with E-state index in [1.807, 2.05) is 0 Å². The molecule has 2 heteroatoms. The summed E-state index contributed by atoms with van der Waals surface area (Å²) in [6, 6.07) is 0. The lowest BCUT2D eigenvalue weighted by atomic mass is 9.57. The quantitative estimate of drug-likeness (QED) is 0.545. The van der Waals surface area contributed by atoms with Gasteiger partial charge in [0, 0.05) is 24.7 Å². The summed E-state index contributed by atoms with van der Waals surface area (Å²) < 4.78 is 0. The average molecular weight is 190 g/mol. The number of hydrogen-bond donors (Lipinski definition) is 0. The summed E-state index contributed by atoms with van der Waals surface area (Å²) in [7, 11) is 0. The van der Waals surface area contributed by atoms with Gasteiger partial charge in [-0.3, -0.25) is 9.59 Å². The van der Waals surface area contributed by atoms with Gasteiger partial charge in [0.1, 0.15) is 11.6 Å². The van der Waals surface area contributed by atoms with Crippen LogP contribution in [0.2, 0.25) is 0 Å². The monoisotopic (exact) mass is 190 g/mol. The van der Waals surface area contributed by atoms with Gasteiger partial charge in [0.2, 0.25) is 0 Å². The van der Waals surface area contributed by atoms with E-state index in [2.05, 4.69) is 12.2 Å². The largest absolute Gasteiger partial charge is 0.299 e. The molecular weight excluding hydrogens is 176 g/mol. The van der Waals surface area contributed by atoms with E-state index in [1.165, 1.54) is 0 Å². The van der Waals surface area contributed by atoms with Gasteiger partial charge in [0.25, 0.3) is 0 Å². The van der Waals surface area contributed by atoms with Gasteiger partial charge >= 0.3 is 0 Å². The van der Waals surface area contributed by atoms with Crippen molar-refractivity contribution in [3.8, 4) is 0 Å². The molecule has 0 radical (unpaired) electrons. The summed E-state index contributed by atoms with van der Waals surface area (Å²) >= 11 is 0. The molecule has 0 aliphatic heterocycles. The number of carbonyl (C=O) groups is 2. The Morgan fingerprint density at radius 2 is 1.29 bits per heavy atom. The first-order valence-corrected chi connectivity index (χ1v) is 5.51. The third-order valence-corrected chi connectivity index (χ3v) is 4.11. The Balaban J connectivity index is 2.02. The minimum absolute atomic E-state index is 0.0556. The summed E-state index contributed by atoms with van der Waals surface area (Å²) in [6.45, 7) is 0. The van der Waals surface area contributed by atoms with E-state index in [1.54, 1.807) is 0 Å². The fourth-order valence-corrected chi connectivity index (χ4v) is 3.45. The zero-order valence-corrected chi connectivity index (χ0v) is 8.11. The highest BCUT2D eigenvalue weighted by Crippen LogP contribution is 2.48. The van der Waals surface area contributed by atoms with Gasteiger partial charge < -0.3 is 0 Å². The van der Waals surface area contributed by atoms with Crippen LogP contribution in [0.4, 0.5) is 0 Å². The Bertz CT molecular complexity index is 297. The van der Waals surface area contributed by atoms with Crippen LogP contribution in [0.25, 0.3) is 0 Å². The van der Waals surface area contributed by atoms with Crippen molar-refractivity contribution in [3.63, 3.8) is 0 Å². The number of fused-ring (bicyclic) bond motifs is 1. The van der Waals surface area contributed by atoms with Crippen molar-refractivity contribution in [2.75, 3.05) is 0 Å². The predicted octanol–water partition coefficient (Wildman–Crippen LogP) is 1.75. The maximum absolute atomic E-state index is 11.8. The molecule has 74 valence electrons. The van der Waals surface area contributed by atoms with Crippen LogP contribution in [0.1, 0.15) is 25.7 Å². The Morgan fingerprint density at radius 3 is 1.64 bits per heavy atom. The fourth-order valence-electron chi connectivity index (χ4n) is 3.45. The van der Waals surface area contributed by atoms with Gasteiger partial charge in [0.15, 0.2) is 0 Å². The van der Waals surface area contributed by atoms with Crippen LogP contribution in [0, 0.1) is 23.7 Å². The molecule has 0 amide bonds. The van der Waals surface area contributed by atoms with Crippen molar-refractivity contribution < 1.29 is 9.59 Å². The van der Waals surface area contributed by atoms with Crippen LogP contribution in [0.3, 0.4) is 0 Å². The Kier molecular flexibility index (Phi) is 1.67. The predicted molar refractivity (Wildman–Crippen MR) is 51.6 cm³/mol. The molecule has 4 aliphatic rings. The Hall–Kier alpha value is -0.920. The first-order valence-electron chi connectivity index (χ1n) is 5.51.